The number of hydrogen-bond acceptors (Lipinski definition) is 4. The van der Waals surface area contributed by atoms with Crippen LogP contribution in [0.25, 0.3) is 0 Å². The Labute approximate surface area is 222 Å². The first-order valence-electron chi connectivity index (χ1n) is 13.2. The molecule has 0 aromatic heterocycles. The Kier molecular flexibility index (Phi) is 10.1. The van der Waals surface area contributed by atoms with Crippen LogP contribution < -0.4 is 9.62 Å². The number of rotatable bonds is 11. The van der Waals surface area contributed by atoms with Crippen molar-refractivity contribution in [3.05, 3.63) is 65.2 Å². The van der Waals surface area contributed by atoms with Crippen LogP contribution in [0.2, 0.25) is 0 Å². The quantitative estimate of drug-likeness (QED) is 0.458. The molecule has 7 nitrogen and oxygen atoms in total. The fourth-order valence-corrected chi connectivity index (χ4v) is 5.80. The van der Waals surface area contributed by atoms with E-state index in [9.17, 15) is 18.0 Å². The van der Waals surface area contributed by atoms with Gasteiger partial charge in [-0.05, 0) is 63.3 Å². The summed E-state index contributed by atoms with van der Waals surface area (Å²) in [7, 11) is -3.51. The monoisotopic (exact) mass is 527 g/mol. The van der Waals surface area contributed by atoms with E-state index in [1.165, 1.54) is 17.0 Å². The van der Waals surface area contributed by atoms with Gasteiger partial charge in [0.25, 0.3) is 0 Å². The Hall–Kier alpha value is -2.87. The number of sulfonamides is 1. The van der Waals surface area contributed by atoms with Gasteiger partial charge in [-0.3, -0.25) is 13.9 Å². The maximum absolute atomic E-state index is 13.5. The molecule has 1 fully saturated rings. The van der Waals surface area contributed by atoms with Crippen LogP contribution in [0.1, 0.15) is 68.6 Å². The van der Waals surface area contributed by atoms with E-state index in [4.69, 9.17) is 0 Å². The summed E-state index contributed by atoms with van der Waals surface area (Å²) in [5.74, 6) is -0.293. The molecular formula is C29H41N3O4S. The van der Waals surface area contributed by atoms with Crippen LogP contribution in [0.15, 0.2) is 48.5 Å². The zero-order valence-corrected chi connectivity index (χ0v) is 23.4. The highest BCUT2D eigenvalue weighted by molar-refractivity contribution is 7.92. The molecule has 2 amide bonds. The molecule has 1 unspecified atom stereocenters. The van der Waals surface area contributed by atoms with Crippen molar-refractivity contribution in [1.29, 1.82) is 0 Å². The third-order valence-electron chi connectivity index (χ3n) is 7.19. The molecule has 8 heteroatoms. The highest BCUT2D eigenvalue weighted by Gasteiger charge is 2.28. The van der Waals surface area contributed by atoms with Crippen LogP contribution in [0.5, 0.6) is 0 Å². The van der Waals surface area contributed by atoms with Crippen molar-refractivity contribution >= 4 is 27.5 Å². The number of carbonyl (C=O) groups excluding carboxylic acids is 2. The molecule has 1 N–H and O–H groups in total. The van der Waals surface area contributed by atoms with Gasteiger partial charge in [-0.25, -0.2) is 8.42 Å². The summed E-state index contributed by atoms with van der Waals surface area (Å²) in [6, 6.07) is 14.7. The molecule has 0 heterocycles. The van der Waals surface area contributed by atoms with Gasteiger partial charge in [0.15, 0.2) is 0 Å². The van der Waals surface area contributed by atoms with E-state index in [0.717, 1.165) is 42.4 Å². The van der Waals surface area contributed by atoms with Gasteiger partial charge < -0.3 is 10.2 Å². The topological polar surface area (TPSA) is 86.8 Å². The van der Waals surface area contributed by atoms with Gasteiger partial charge in [0.2, 0.25) is 21.8 Å². The minimum absolute atomic E-state index is 0.133. The van der Waals surface area contributed by atoms with Crippen molar-refractivity contribution in [3.63, 3.8) is 0 Å². The van der Waals surface area contributed by atoms with Crippen molar-refractivity contribution in [2.45, 2.75) is 84.3 Å². The van der Waals surface area contributed by atoms with Gasteiger partial charge in [0.1, 0.15) is 6.04 Å². The van der Waals surface area contributed by atoms with Crippen molar-refractivity contribution in [1.82, 2.24) is 10.2 Å². The minimum atomic E-state index is -3.51. The Balaban J connectivity index is 1.72. The maximum atomic E-state index is 13.5. The Morgan fingerprint density at radius 2 is 1.65 bits per heavy atom. The van der Waals surface area contributed by atoms with Crippen molar-refractivity contribution in [2.75, 3.05) is 17.1 Å². The molecular weight excluding hydrogens is 486 g/mol. The number of nitrogens with one attached hydrogen (secondary N) is 1. The molecule has 0 aliphatic heterocycles. The largest absolute Gasteiger partial charge is 0.352 e. The molecule has 0 radical (unpaired) electrons. The van der Waals surface area contributed by atoms with Gasteiger partial charge in [0.05, 0.1) is 11.9 Å². The number of benzene rings is 2. The second-order valence-corrected chi connectivity index (χ2v) is 12.1. The molecule has 0 bridgehead atoms. The number of amides is 2. The van der Waals surface area contributed by atoms with Crippen molar-refractivity contribution in [2.24, 2.45) is 0 Å². The molecule has 37 heavy (non-hydrogen) atoms. The average molecular weight is 528 g/mol. The Morgan fingerprint density at radius 1 is 1.00 bits per heavy atom. The van der Waals surface area contributed by atoms with Crippen LogP contribution in [0.3, 0.4) is 0 Å². The van der Waals surface area contributed by atoms with E-state index in [0.29, 0.717) is 18.7 Å². The lowest BCUT2D eigenvalue weighted by Gasteiger charge is -2.32. The summed E-state index contributed by atoms with van der Waals surface area (Å²) in [4.78, 5) is 28.3. The summed E-state index contributed by atoms with van der Waals surface area (Å²) in [6.45, 7) is 6.24. The van der Waals surface area contributed by atoms with E-state index >= 15 is 0 Å². The van der Waals surface area contributed by atoms with Crippen LogP contribution in [0.4, 0.5) is 5.69 Å². The van der Waals surface area contributed by atoms with Crippen LogP contribution in [-0.2, 0) is 26.2 Å². The van der Waals surface area contributed by atoms with E-state index in [-0.39, 0.29) is 30.8 Å². The summed E-state index contributed by atoms with van der Waals surface area (Å²) in [5.41, 5.74) is 3.67. The maximum Gasteiger partial charge on any atom is 0.242 e. The first-order chi connectivity index (χ1) is 17.6. The molecule has 0 saturated heterocycles. The molecule has 1 atom stereocenters. The third kappa shape index (κ3) is 8.32. The highest BCUT2D eigenvalue weighted by Crippen LogP contribution is 2.21. The van der Waals surface area contributed by atoms with Gasteiger partial charge in [0, 0.05) is 25.6 Å². The molecule has 2 aromatic rings. The number of nitrogens with zero attached hydrogens (tertiary/aromatic N) is 2. The van der Waals surface area contributed by atoms with E-state index in [1.54, 1.807) is 24.0 Å². The number of anilines is 1. The second-order valence-electron chi connectivity index (χ2n) is 10.2. The van der Waals surface area contributed by atoms with E-state index in [1.807, 2.05) is 50.2 Å². The van der Waals surface area contributed by atoms with Crippen LogP contribution in [0, 0.1) is 13.8 Å². The predicted octanol–water partition coefficient (Wildman–Crippen LogP) is 4.72. The summed E-state index contributed by atoms with van der Waals surface area (Å²) in [5, 5.41) is 3.15. The summed E-state index contributed by atoms with van der Waals surface area (Å²) >= 11 is 0. The molecule has 3 rings (SSSR count). The van der Waals surface area contributed by atoms with Crippen molar-refractivity contribution < 1.29 is 18.0 Å². The van der Waals surface area contributed by atoms with E-state index in [2.05, 4.69) is 5.32 Å². The zero-order chi connectivity index (χ0) is 27.0. The van der Waals surface area contributed by atoms with Crippen LogP contribution >= 0.6 is 0 Å². The molecule has 2 aromatic carbocycles. The van der Waals surface area contributed by atoms with E-state index < -0.39 is 16.1 Å². The minimum Gasteiger partial charge on any atom is -0.352 e. The summed E-state index contributed by atoms with van der Waals surface area (Å²) < 4.78 is 26.3. The molecule has 1 aliphatic rings. The first-order valence-corrected chi connectivity index (χ1v) is 15.1. The number of aryl methyl sites for hydroxylation is 2. The second kappa shape index (κ2) is 13.1. The lowest BCUT2D eigenvalue weighted by atomic mass is 9.95. The normalized spacial score (nSPS) is 15.1. The zero-order valence-electron chi connectivity index (χ0n) is 22.6. The SMILES string of the molecule is Cc1ccc(N(CCCC(=O)N(Cc2ccccc2C)C(C)C(=O)NC2CCCCC2)S(C)(=O)=O)cc1. The van der Waals surface area contributed by atoms with Crippen LogP contribution in [-0.4, -0.2) is 50.0 Å². The average Bonchev–Trinajstić information content (AvgIpc) is 2.86. The molecule has 0 spiro atoms. The first kappa shape index (κ1) is 28.7. The smallest absolute Gasteiger partial charge is 0.242 e. The number of hydrogen-bond donors (Lipinski definition) is 1. The number of carbonyl (C=O) groups is 2. The molecule has 1 aliphatic carbocycles. The van der Waals surface area contributed by atoms with Crippen molar-refractivity contribution in [3.8, 4) is 0 Å². The Bertz CT molecular complexity index is 1160. The fourth-order valence-electron chi connectivity index (χ4n) is 4.84. The standard InChI is InChI=1S/C29H41N3O4S/c1-22-16-18-27(19-17-22)32(37(4,35)36)20-10-15-28(33)31(21-25-12-9-8-11-23(25)2)24(3)29(34)30-26-13-6-5-7-14-26/h8-9,11-12,16-19,24,26H,5-7,10,13-15,20-21H2,1-4H3,(H,30,34). The van der Waals surface area contributed by atoms with Gasteiger partial charge in [-0.2, -0.15) is 0 Å². The lowest BCUT2D eigenvalue weighted by Crippen LogP contribution is -2.50. The third-order valence-corrected chi connectivity index (χ3v) is 8.39. The van der Waals surface area contributed by atoms with Gasteiger partial charge in [-0.1, -0.05) is 61.2 Å². The predicted molar refractivity (Wildman–Crippen MR) is 149 cm³/mol. The molecule has 202 valence electrons. The van der Waals surface area contributed by atoms with Gasteiger partial charge in [-0.15, -0.1) is 0 Å². The Morgan fingerprint density at radius 3 is 2.27 bits per heavy atom. The fraction of sp³-hybridized carbons (Fsp3) is 0.517. The van der Waals surface area contributed by atoms with Gasteiger partial charge >= 0.3 is 0 Å². The summed E-state index contributed by atoms with van der Waals surface area (Å²) in [6.07, 6.45) is 7.05. The highest BCUT2D eigenvalue weighted by atomic mass is 32.2. The molecule has 1 saturated carbocycles. The lowest BCUT2D eigenvalue weighted by molar-refractivity contribution is -0.141.